The normalized spacial score (nSPS) is 18.2. The highest BCUT2D eigenvalue weighted by atomic mass is 32.2. The monoisotopic (exact) mass is 554 g/mol. The Hall–Kier alpha value is -3.40. The highest BCUT2D eigenvalue weighted by Crippen LogP contribution is 2.36. The number of rotatable bonds is 8. The summed E-state index contributed by atoms with van der Waals surface area (Å²) in [5.41, 5.74) is 1.01. The highest BCUT2D eigenvalue weighted by Gasteiger charge is 2.34. The molecule has 1 aliphatic rings. The topological polar surface area (TPSA) is 67.4 Å². The van der Waals surface area contributed by atoms with Crippen LogP contribution in [0, 0.1) is 5.92 Å². The number of sulfonamides is 1. The van der Waals surface area contributed by atoms with E-state index in [1.54, 1.807) is 12.1 Å². The Morgan fingerprint density at radius 3 is 2.38 bits per heavy atom. The largest absolute Gasteiger partial charge is 0.488 e. The Bertz CT molecular complexity index is 1540. The summed E-state index contributed by atoms with van der Waals surface area (Å²) in [4.78, 5) is 0.234. The van der Waals surface area contributed by atoms with Crippen LogP contribution in [0.5, 0.6) is 5.75 Å². The molecule has 0 bridgehead atoms. The molecule has 5 nitrogen and oxygen atoms in total. The molecular formula is C30H29F3N2O3S. The van der Waals surface area contributed by atoms with Crippen LogP contribution in [0.25, 0.3) is 10.8 Å². The molecule has 0 aliphatic carbocycles. The maximum absolute atomic E-state index is 13.2. The van der Waals surface area contributed by atoms with Gasteiger partial charge in [-0.05, 0) is 77.5 Å². The van der Waals surface area contributed by atoms with Gasteiger partial charge < -0.3 is 10.1 Å². The van der Waals surface area contributed by atoms with Crippen molar-refractivity contribution < 1.29 is 26.3 Å². The first-order valence-electron chi connectivity index (χ1n) is 12.8. The van der Waals surface area contributed by atoms with Crippen LogP contribution in [-0.4, -0.2) is 28.1 Å². The van der Waals surface area contributed by atoms with Gasteiger partial charge in [-0.15, -0.1) is 0 Å². The van der Waals surface area contributed by atoms with Crippen molar-refractivity contribution in [2.45, 2.75) is 30.0 Å². The van der Waals surface area contributed by atoms with Crippen molar-refractivity contribution in [3.8, 4) is 5.75 Å². The van der Waals surface area contributed by atoms with Crippen LogP contribution in [0.3, 0.4) is 0 Å². The lowest BCUT2D eigenvalue weighted by molar-refractivity contribution is -0.139. The molecule has 4 aromatic carbocycles. The number of piperidine rings is 1. The van der Waals surface area contributed by atoms with Gasteiger partial charge in [0.2, 0.25) is 10.0 Å². The number of fused-ring (bicyclic) bond motifs is 1. The van der Waals surface area contributed by atoms with Gasteiger partial charge in [0.1, 0.15) is 12.4 Å². The van der Waals surface area contributed by atoms with Crippen molar-refractivity contribution in [2.24, 2.45) is 5.92 Å². The number of hydrogen-bond acceptors (Lipinski definition) is 4. The molecule has 2 unspecified atom stereocenters. The molecule has 1 aliphatic heterocycles. The van der Waals surface area contributed by atoms with E-state index in [9.17, 15) is 21.6 Å². The molecule has 1 heterocycles. The molecule has 0 radical (unpaired) electrons. The van der Waals surface area contributed by atoms with Crippen LogP contribution >= 0.6 is 0 Å². The number of benzene rings is 4. The lowest BCUT2D eigenvalue weighted by Gasteiger charge is -2.33. The first-order valence-corrected chi connectivity index (χ1v) is 14.3. The fourth-order valence-corrected chi connectivity index (χ4v) is 6.19. The van der Waals surface area contributed by atoms with Crippen LogP contribution < -0.4 is 14.8 Å². The number of halogens is 3. The standard InChI is InChI=1S/C30H29F3N2O3S/c31-30(32,33)28-7-3-4-8-29(28)38-20-21-9-11-23(12-10-21)27-15-16-34-18-25(27)19-35-39(36,37)26-14-13-22-5-1-2-6-24(22)17-26/h1-14,17,25,27,34-35H,15-16,18-20H2. The Balaban J connectivity index is 1.24. The first kappa shape index (κ1) is 27.2. The Labute approximate surface area is 226 Å². The van der Waals surface area contributed by atoms with Crippen molar-refractivity contribution in [1.82, 2.24) is 10.0 Å². The molecule has 2 N–H and O–H groups in total. The number of hydrogen-bond donors (Lipinski definition) is 2. The Morgan fingerprint density at radius 2 is 1.62 bits per heavy atom. The predicted octanol–water partition coefficient (Wildman–Crippen LogP) is 6.11. The molecule has 4 aromatic rings. The summed E-state index contributed by atoms with van der Waals surface area (Å²) in [6.07, 6.45) is -3.64. The Kier molecular flexibility index (Phi) is 7.93. The lowest BCUT2D eigenvalue weighted by atomic mass is 9.81. The van der Waals surface area contributed by atoms with Gasteiger partial charge in [0, 0.05) is 6.54 Å². The maximum Gasteiger partial charge on any atom is 0.419 e. The van der Waals surface area contributed by atoms with E-state index < -0.39 is 21.8 Å². The van der Waals surface area contributed by atoms with E-state index in [-0.39, 0.29) is 35.6 Å². The smallest absolute Gasteiger partial charge is 0.419 e. The van der Waals surface area contributed by atoms with E-state index in [2.05, 4.69) is 10.0 Å². The molecular weight excluding hydrogens is 525 g/mol. The van der Waals surface area contributed by atoms with Gasteiger partial charge in [-0.25, -0.2) is 13.1 Å². The summed E-state index contributed by atoms with van der Waals surface area (Å²) >= 11 is 0. The SMILES string of the molecule is O=S(=O)(NCC1CNCCC1c1ccc(COc2ccccc2C(F)(F)F)cc1)c1ccc2ccccc2c1. The molecule has 1 fully saturated rings. The van der Waals surface area contributed by atoms with Crippen molar-refractivity contribution in [2.75, 3.05) is 19.6 Å². The fourth-order valence-electron chi connectivity index (χ4n) is 5.06. The predicted molar refractivity (Wildman–Crippen MR) is 145 cm³/mol. The third-order valence-corrected chi connectivity index (χ3v) is 8.59. The second-order valence-corrected chi connectivity index (χ2v) is 11.5. The average Bonchev–Trinajstić information content (AvgIpc) is 2.95. The van der Waals surface area contributed by atoms with E-state index in [0.717, 1.165) is 40.9 Å². The minimum absolute atomic E-state index is 0.00851. The zero-order valence-electron chi connectivity index (χ0n) is 21.1. The van der Waals surface area contributed by atoms with Gasteiger partial charge in [-0.3, -0.25) is 0 Å². The molecule has 1 saturated heterocycles. The second-order valence-electron chi connectivity index (χ2n) is 9.74. The summed E-state index contributed by atoms with van der Waals surface area (Å²) in [5.74, 6) is -0.0348. The summed E-state index contributed by atoms with van der Waals surface area (Å²) in [7, 11) is -3.69. The number of para-hydroxylation sites is 1. The van der Waals surface area contributed by atoms with Crippen LogP contribution in [0.1, 0.15) is 29.0 Å². The van der Waals surface area contributed by atoms with Gasteiger partial charge in [0.15, 0.2) is 0 Å². The van der Waals surface area contributed by atoms with Crippen LogP contribution in [-0.2, 0) is 22.8 Å². The van der Waals surface area contributed by atoms with Crippen LogP contribution in [0.15, 0.2) is 95.9 Å². The minimum atomic E-state index is -4.49. The third-order valence-electron chi connectivity index (χ3n) is 7.17. The second kappa shape index (κ2) is 11.4. The molecule has 0 amide bonds. The minimum Gasteiger partial charge on any atom is -0.488 e. The zero-order chi connectivity index (χ0) is 27.5. The van der Waals surface area contributed by atoms with Gasteiger partial charge in [0.25, 0.3) is 0 Å². The van der Waals surface area contributed by atoms with Crippen LogP contribution in [0.4, 0.5) is 13.2 Å². The van der Waals surface area contributed by atoms with Crippen LogP contribution in [0.2, 0.25) is 0 Å². The quantitative estimate of drug-likeness (QED) is 0.276. The highest BCUT2D eigenvalue weighted by molar-refractivity contribution is 7.89. The summed E-state index contributed by atoms with van der Waals surface area (Å²) in [5, 5.41) is 5.20. The molecule has 0 aromatic heterocycles. The van der Waals surface area contributed by atoms with E-state index >= 15 is 0 Å². The summed E-state index contributed by atoms with van der Waals surface area (Å²) < 4.78 is 74.1. The maximum atomic E-state index is 13.2. The van der Waals surface area contributed by atoms with Crippen molar-refractivity contribution in [3.05, 3.63) is 108 Å². The van der Waals surface area contributed by atoms with Crippen molar-refractivity contribution in [1.29, 1.82) is 0 Å². The summed E-state index contributed by atoms with van der Waals surface area (Å²) in [6.45, 7) is 1.78. The number of alkyl halides is 3. The molecule has 39 heavy (non-hydrogen) atoms. The molecule has 0 spiro atoms. The zero-order valence-corrected chi connectivity index (χ0v) is 21.9. The van der Waals surface area contributed by atoms with E-state index in [1.165, 1.54) is 18.2 Å². The molecule has 0 saturated carbocycles. The molecule has 5 rings (SSSR count). The third kappa shape index (κ3) is 6.43. The van der Waals surface area contributed by atoms with Crippen molar-refractivity contribution in [3.63, 3.8) is 0 Å². The Morgan fingerprint density at radius 1 is 0.897 bits per heavy atom. The van der Waals surface area contributed by atoms with E-state index in [4.69, 9.17) is 4.74 Å². The van der Waals surface area contributed by atoms with E-state index in [0.29, 0.717) is 6.54 Å². The number of nitrogens with one attached hydrogen (secondary N) is 2. The van der Waals surface area contributed by atoms with Crippen molar-refractivity contribution >= 4 is 20.8 Å². The lowest BCUT2D eigenvalue weighted by Crippen LogP contribution is -2.42. The van der Waals surface area contributed by atoms with Gasteiger partial charge >= 0.3 is 6.18 Å². The van der Waals surface area contributed by atoms with Gasteiger partial charge in [-0.1, -0.05) is 66.7 Å². The van der Waals surface area contributed by atoms with Gasteiger partial charge in [0.05, 0.1) is 10.5 Å². The average molecular weight is 555 g/mol. The van der Waals surface area contributed by atoms with E-state index in [1.807, 2.05) is 54.6 Å². The molecule has 204 valence electrons. The molecule has 2 atom stereocenters. The fraction of sp³-hybridized carbons (Fsp3) is 0.267. The molecule has 9 heteroatoms. The summed E-state index contributed by atoms with van der Waals surface area (Å²) in [6, 6.07) is 25.5. The first-order chi connectivity index (χ1) is 18.7. The number of ether oxygens (including phenoxy) is 1. The van der Waals surface area contributed by atoms with Gasteiger partial charge in [-0.2, -0.15) is 13.2 Å².